The smallest absolute Gasteiger partial charge is 0.0668 e. The molecule has 1 heterocycles. The van der Waals surface area contributed by atoms with Crippen molar-refractivity contribution in [1.82, 2.24) is 9.78 Å². The summed E-state index contributed by atoms with van der Waals surface area (Å²) in [7, 11) is 0. The Morgan fingerprint density at radius 1 is 1.21 bits per heavy atom. The number of nitrogens with zero attached hydrogens (tertiary/aromatic N) is 2. The summed E-state index contributed by atoms with van der Waals surface area (Å²) in [4.78, 5) is 0. The second kappa shape index (κ2) is 5.47. The minimum Gasteiger partial charge on any atom is -0.269 e. The first-order valence-corrected chi connectivity index (χ1v) is 8.43. The lowest BCUT2D eigenvalue weighted by Crippen LogP contribution is -2.19. The molecule has 0 radical (unpaired) electrons. The lowest BCUT2D eigenvalue weighted by Gasteiger charge is -2.22. The van der Waals surface area contributed by atoms with Crippen LogP contribution in [0.1, 0.15) is 56.5 Å². The first kappa shape index (κ1) is 13.5. The van der Waals surface area contributed by atoms with Crippen LogP contribution in [0.4, 0.5) is 0 Å². The molecule has 0 aliphatic heterocycles. The quantitative estimate of drug-likeness (QED) is 0.740. The highest BCUT2D eigenvalue weighted by atomic mass is 35.5. The number of aromatic nitrogens is 2. The molecular formula is C16H25ClN2. The molecule has 2 saturated carbocycles. The van der Waals surface area contributed by atoms with Crippen molar-refractivity contribution < 1.29 is 0 Å². The Morgan fingerprint density at radius 2 is 2.05 bits per heavy atom. The molecule has 0 saturated heterocycles. The number of rotatable bonds is 5. The SMILES string of the molecule is CCc1nn(CC2CC3CCC2C3)c(CC)c1CCl. The predicted molar refractivity (Wildman–Crippen MR) is 79.5 cm³/mol. The van der Waals surface area contributed by atoms with E-state index < -0.39 is 0 Å². The summed E-state index contributed by atoms with van der Waals surface area (Å²) in [6, 6.07) is 0. The van der Waals surface area contributed by atoms with E-state index in [9.17, 15) is 0 Å². The number of alkyl halides is 1. The van der Waals surface area contributed by atoms with Crippen LogP contribution in [-0.4, -0.2) is 9.78 Å². The molecule has 2 nitrogen and oxygen atoms in total. The minimum atomic E-state index is 0.614. The average molecular weight is 281 g/mol. The Hall–Kier alpha value is -0.500. The summed E-state index contributed by atoms with van der Waals surface area (Å²) in [6.45, 7) is 5.54. The minimum absolute atomic E-state index is 0.614. The van der Waals surface area contributed by atoms with E-state index in [1.807, 2.05) is 0 Å². The van der Waals surface area contributed by atoms with Gasteiger partial charge in [0.25, 0.3) is 0 Å². The molecule has 3 rings (SSSR count). The van der Waals surface area contributed by atoms with Gasteiger partial charge in [0.15, 0.2) is 0 Å². The molecule has 2 aliphatic rings. The zero-order valence-electron chi connectivity index (χ0n) is 12.2. The van der Waals surface area contributed by atoms with Gasteiger partial charge in [-0.25, -0.2) is 0 Å². The topological polar surface area (TPSA) is 17.8 Å². The number of fused-ring (bicyclic) bond motifs is 2. The van der Waals surface area contributed by atoms with Crippen LogP contribution in [0.5, 0.6) is 0 Å². The molecule has 1 aromatic heterocycles. The molecule has 2 bridgehead atoms. The molecule has 3 heteroatoms. The zero-order chi connectivity index (χ0) is 13.4. The van der Waals surface area contributed by atoms with Gasteiger partial charge in [-0.1, -0.05) is 20.3 Å². The van der Waals surface area contributed by atoms with Crippen LogP contribution >= 0.6 is 11.6 Å². The normalized spacial score (nSPS) is 29.3. The lowest BCUT2D eigenvalue weighted by molar-refractivity contribution is 0.282. The highest BCUT2D eigenvalue weighted by Crippen LogP contribution is 2.48. The third kappa shape index (κ3) is 2.33. The van der Waals surface area contributed by atoms with E-state index in [1.54, 1.807) is 0 Å². The standard InChI is InChI=1S/C16H25ClN2/c1-3-15-14(9-17)16(4-2)19(18-15)10-13-8-11-5-6-12(13)7-11/h11-13H,3-10H2,1-2H3. The maximum absolute atomic E-state index is 6.13. The number of hydrogen-bond donors (Lipinski definition) is 0. The van der Waals surface area contributed by atoms with Gasteiger partial charge in [-0.05, 0) is 49.9 Å². The van der Waals surface area contributed by atoms with E-state index >= 15 is 0 Å². The van der Waals surface area contributed by atoms with E-state index in [4.69, 9.17) is 16.7 Å². The summed E-state index contributed by atoms with van der Waals surface area (Å²) >= 11 is 6.13. The fourth-order valence-electron chi connectivity index (χ4n) is 4.40. The van der Waals surface area contributed by atoms with Crippen molar-refractivity contribution in [3.8, 4) is 0 Å². The fraction of sp³-hybridized carbons (Fsp3) is 0.812. The van der Waals surface area contributed by atoms with Gasteiger partial charge < -0.3 is 0 Å². The van der Waals surface area contributed by atoms with Crippen molar-refractivity contribution in [2.24, 2.45) is 17.8 Å². The number of hydrogen-bond acceptors (Lipinski definition) is 1. The summed E-state index contributed by atoms with van der Waals surface area (Å²) in [5.74, 6) is 3.48. The van der Waals surface area contributed by atoms with Crippen molar-refractivity contribution in [3.05, 3.63) is 17.0 Å². The third-order valence-corrected chi connectivity index (χ3v) is 5.61. The van der Waals surface area contributed by atoms with Gasteiger partial charge in [0.1, 0.15) is 0 Å². The second-order valence-electron chi connectivity index (χ2n) is 6.33. The maximum atomic E-state index is 6.13. The first-order chi connectivity index (χ1) is 9.26. The molecule has 2 aliphatic carbocycles. The Kier molecular flexibility index (Phi) is 3.88. The van der Waals surface area contributed by atoms with Crippen molar-refractivity contribution in [3.63, 3.8) is 0 Å². The summed E-state index contributed by atoms with van der Waals surface area (Å²) in [5.41, 5.74) is 3.90. The van der Waals surface area contributed by atoms with E-state index in [-0.39, 0.29) is 0 Å². The van der Waals surface area contributed by atoms with Gasteiger partial charge in [0.05, 0.1) is 11.6 Å². The molecular weight excluding hydrogens is 256 g/mol. The summed E-state index contributed by atoms with van der Waals surface area (Å²) in [6.07, 6.45) is 7.91. The first-order valence-electron chi connectivity index (χ1n) is 7.90. The van der Waals surface area contributed by atoms with Gasteiger partial charge in [0, 0.05) is 17.8 Å². The van der Waals surface area contributed by atoms with Gasteiger partial charge in [-0.15, -0.1) is 11.6 Å². The van der Waals surface area contributed by atoms with E-state index in [1.165, 1.54) is 42.6 Å². The highest BCUT2D eigenvalue weighted by molar-refractivity contribution is 6.17. The van der Waals surface area contributed by atoms with Crippen LogP contribution < -0.4 is 0 Å². The van der Waals surface area contributed by atoms with Gasteiger partial charge in [-0.2, -0.15) is 5.10 Å². The fourth-order valence-corrected chi connectivity index (χ4v) is 4.70. The van der Waals surface area contributed by atoms with Gasteiger partial charge >= 0.3 is 0 Å². The third-order valence-electron chi connectivity index (χ3n) is 5.35. The van der Waals surface area contributed by atoms with Crippen molar-refractivity contribution in [2.75, 3.05) is 0 Å². The van der Waals surface area contributed by atoms with Crippen LogP contribution in [0.15, 0.2) is 0 Å². The Labute approximate surface area is 121 Å². The molecule has 106 valence electrons. The molecule has 0 amide bonds. The molecule has 0 spiro atoms. The maximum Gasteiger partial charge on any atom is 0.0668 e. The molecule has 1 aromatic rings. The van der Waals surface area contributed by atoms with Crippen LogP contribution in [0, 0.1) is 17.8 Å². The number of halogens is 1. The molecule has 3 atom stereocenters. The van der Waals surface area contributed by atoms with Gasteiger partial charge in [-0.3, -0.25) is 4.68 Å². The lowest BCUT2D eigenvalue weighted by atomic mass is 9.89. The van der Waals surface area contributed by atoms with Crippen LogP contribution in [0.25, 0.3) is 0 Å². The largest absolute Gasteiger partial charge is 0.269 e. The van der Waals surface area contributed by atoms with Crippen LogP contribution in [0.3, 0.4) is 0 Å². The monoisotopic (exact) mass is 280 g/mol. The summed E-state index contributed by atoms with van der Waals surface area (Å²) in [5, 5.41) is 4.85. The van der Waals surface area contributed by atoms with Crippen LogP contribution in [0.2, 0.25) is 0 Å². The molecule has 2 fully saturated rings. The predicted octanol–water partition coefficient (Wildman–Crippen LogP) is 4.18. The Balaban J connectivity index is 1.82. The molecule has 0 N–H and O–H groups in total. The highest BCUT2D eigenvalue weighted by Gasteiger charge is 2.39. The van der Waals surface area contributed by atoms with Crippen LogP contribution in [-0.2, 0) is 25.3 Å². The average Bonchev–Trinajstić information content (AvgIpc) is 3.11. The van der Waals surface area contributed by atoms with E-state index in [2.05, 4.69) is 18.5 Å². The second-order valence-corrected chi connectivity index (χ2v) is 6.60. The molecule has 3 unspecified atom stereocenters. The van der Waals surface area contributed by atoms with E-state index in [0.29, 0.717) is 5.88 Å². The Morgan fingerprint density at radius 3 is 2.58 bits per heavy atom. The van der Waals surface area contributed by atoms with E-state index in [0.717, 1.165) is 37.1 Å². The summed E-state index contributed by atoms with van der Waals surface area (Å²) < 4.78 is 2.29. The molecule has 19 heavy (non-hydrogen) atoms. The number of aryl methyl sites for hydroxylation is 1. The zero-order valence-corrected chi connectivity index (χ0v) is 12.9. The van der Waals surface area contributed by atoms with Gasteiger partial charge in [0.2, 0.25) is 0 Å². The van der Waals surface area contributed by atoms with Crippen molar-refractivity contribution >= 4 is 11.6 Å². The molecule has 0 aromatic carbocycles. The van der Waals surface area contributed by atoms with Crippen molar-refractivity contribution in [1.29, 1.82) is 0 Å². The Bertz CT molecular complexity index is 452. The van der Waals surface area contributed by atoms with Crippen molar-refractivity contribution in [2.45, 2.75) is 64.8 Å².